The van der Waals surface area contributed by atoms with Crippen LogP contribution in [0.25, 0.3) is 0 Å². The highest BCUT2D eigenvalue weighted by Gasteiger charge is 2.11. The van der Waals surface area contributed by atoms with Crippen molar-refractivity contribution in [2.24, 2.45) is 0 Å². The third-order valence-electron chi connectivity index (χ3n) is 3.03. The van der Waals surface area contributed by atoms with Crippen molar-refractivity contribution in [3.63, 3.8) is 0 Å². The summed E-state index contributed by atoms with van der Waals surface area (Å²) in [5.41, 5.74) is 6.88. The number of ketones is 1. The van der Waals surface area contributed by atoms with Gasteiger partial charge in [0, 0.05) is 17.3 Å². The third-order valence-corrected chi connectivity index (χ3v) is 3.03. The van der Waals surface area contributed by atoms with Crippen LogP contribution in [0.5, 0.6) is 11.5 Å². The van der Waals surface area contributed by atoms with Gasteiger partial charge in [-0.3, -0.25) is 4.79 Å². The number of anilines is 1. The van der Waals surface area contributed by atoms with Crippen molar-refractivity contribution in [3.8, 4) is 11.5 Å². The Labute approximate surface area is 122 Å². The fraction of sp³-hybridized carbons (Fsp3) is 0.188. The van der Waals surface area contributed by atoms with E-state index in [9.17, 15) is 9.18 Å². The van der Waals surface area contributed by atoms with Crippen molar-refractivity contribution in [1.82, 2.24) is 0 Å². The van der Waals surface area contributed by atoms with Crippen LogP contribution in [-0.2, 0) is 6.61 Å². The van der Waals surface area contributed by atoms with Gasteiger partial charge in [0.2, 0.25) is 0 Å². The molecule has 0 saturated heterocycles. The molecule has 5 heteroatoms. The molecule has 0 aliphatic rings. The predicted octanol–water partition coefficient (Wildman–Crippen LogP) is 3.20. The topological polar surface area (TPSA) is 61.6 Å². The highest BCUT2D eigenvalue weighted by Crippen LogP contribution is 2.24. The Balaban J connectivity index is 2.18. The Bertz CT molecular complexity index is 671. The molecule has 0 heterocycles. The molecule has 2 aromatic carbocycles. The molecule has 2 rings (SSSR count). The van der Waals surface area contributed by atoms with Crippen LogP contribution in [0.3, 0.4) is 0 Å². The summed E-state index contributed by atoms with van der Waals surface area (Å²) in [6.45, 7) is 1.44. The molecule has 0 aromatic heterocycles. The highest BCUT2D eigenvalue weighted by atomic mass is 19.1. The summed E-state index contributed by atoms with van der Waals surface area (Å²) in [7, 11) is 1.47. The fourth-order valence-electron chi connectivity index (χ4n) is 1.88. The molecule has 0 bridgehead atoms. The molecule has 2 N–H and O–H groups in total. The first kappa shape index (κ1) is 14.8. The van der Waals surface area contributed by atoms with Crippen molar-refractivity contribution in [3.05, 3.63) is 53.3 Å². The third kappa shape index (κ3) is 3.51. The average Bonchev–Trinajstić information content (AvgIpc) is 2.46. The normalized spacial score (nSPS) is 10.2. The summed E-state index contributed by atoms with van der Waals surface area (Å²) in [4.78, 5) is 11.6. The lowest BCUT2D eigenvalue weighted by Crippen LogP contribution is -2.04. The van der Waals surface area contributed by atoms with E-state index in [1.807, 2.05) is 0 Å². The molecule has 21 heavy (non-hydrogen) atoms. The van der Waals surface area contributed by atoms with Crippen molar-refractivity contribution < 1.29 is 18.7 Å². The Kier molecular flexibility index (Phi) is 4.42. The van der Waals surface area contributed by atoms with E-state index >= 15 is 0 Å². The predicted molar refractivity (Wildman–Crippen MR) is 78.1 cm³/mol. The molecular formula is C16H16FNO3. The maximum absolute atomic E-state index is 13.8. The number of ether oxygens (including phenoxy) is 2. The van der Waals surface area contributed by atoms with Gasteiger partial charge >= 0.3 is 0 Å². The number of nitrogen functional groups attached to an aromatic ring is 1. The second-order valence-electron chi connectivity index (χ2n) is 4.56. The fourth-order valence-corrected chi connectivity index (χ4v) is 1.88. The zero-order chi connectivity index (χ0) is 15.4. The quantitative estimate of drug-likeness (QED) is 0.678. The van der Waals surface area contributed by atoms with Gasteiger partial charge in [0.15, 0.2) is 5.78 Å². The van der Waals surface area contributed by atoms with Crippen LogP contribution >= 0.6 is 0 Å². The molecule has 0 saturated carbocycles. The molecule has 4 nitrogen and oxygen atoms in total. The van der Waals surface area contributed by atoms with Gasteiger partial charge in [-0.15, -0.1) is 0 Å². The molecule has 0 fully saturated rings. The van der Waals surface area contributed by atoms with Crippen LogP contribution in [0.1, 0.15) is 22.8 Å². The van der Waals surface area contributed by atoms with Crippen molar-refractivity contribution in [2.45, 2.75) is 13.5 Å². The minimum Gasteiger partial charge on any atom is -0.497 e. The van der Waals surface area contributed by atoms with Crippen molar-refractivity contribution >= 4 is 11.5 Å². The van der Waals surface area contributed by atoms with E-state index in [4.69, 9.17) is 15.2 Å². The average molecular weight is 289 g/mol. The molecule has 0 unspecified atom stereocenters. The lowest BCUT2D eigenvalue weighted by Gasteiger charge is -2.11. The molecule has 0 spiro atoms. The standard InChI is InChI=1S/C16H16FNO3/c1-10(19)14-7-12(18)4-6-16(14)21-9-11-3-5-13(20-2)8-15(11)17/h3-8H,9,18H2,1-2H3. The van der Waals surface area contributed by atoms with E-state index in [1.165, 1.54) is 20.1 Å². The summed E-state index contributed by atoms with van der Waals surface area (Å²) in [5.74, 6) is 0.238. The molecule has 0 amide bonds. The Morgan fingerprint density at radius 1 is 1.24 bits per heavy atom. The maximum Gasteiger partial charge on any atom is 0.163 e. The molecule has 0 aliphatic heterocycles. The number of hydrogen-bond donors (Lipinski definition) is 1. The first-order chi connectivity index (χ1) is 10.0. The Morgan fingerprint density at radius 2 is 2.00 bits per heavy atom. The summed E-state index contributed by atoms with van der Waals surface area (Å²) in [6.07, 6.45) is 0. The molecule has 0 atom stereocenters. The number of carbonyl (C=O) groups excluding carboxylic acids is 1. The summed E-state index contributed by atoms with van der Waals surface area (Å²) < 4.78 is 24.3. The van der Waals surface area contributed by atoms with Crippen molar-refractivity contribution in [2.75, 3.05) is 12.8 Å². The minimum absolute atomic E-state index is 0.0139. The Hall–Kier alpha value is -2.56. The van der Waals surface area contributed by atoms with E-state index in [2.05, 4.69) is 0 Å². The number of Topliss-reactive ketones (excluding diaryl/α,β-unsaturated/α-hetero) is 1. The smallest absolute Gasteiger partial charge is 0.163 e. The number of methoxy groups -OCH3 is 1. The van der Waals surface area contributed by atoms with Crippen LogP contribution in [0.4, 0.5) is 10.1 Å². The SMILES string of the molecule is COc1ccc(COc2ccc(N)cc2C(C)=O)c(F)c1. The lowest BCUT2D eigenvalue weighted by atomic mass is 10.1. The molecule has 0 aliphatic carbocycles. The monoisotopic (exact) mass is 289 g/mol. The van der Waals surface area contributed by atoms with Crippen LogP contribution in [0.2, 0.25) is 0 Å². The largest absolute Gasteiger partial charge is 0.497 e. The van der Waals surface area contributed by atoms with Gasteiger partial charge in [0.1, 0.15) is 23.9 Å². The first-order valence-corrected chi connectivity index (χ1v) is 6.37. The molecule has 2 aromatic rings. The first-order valence-electron chi connectivity index (χ1n) is 6.37. The van der Waals surface area contributed by atoms with E-state index in [-0.39, 0.29) is 12.4 Å². The van der Waals surface area contributed by atoms with Gasteiger partial charge in [-0.25, -0.2) is 4.39 Å². The lowest BCUT2D eigenvalue weighted by molar-refractivity contribution is 0.101. The number of carbonyl (C=O) groups is 1. The molecule has 110 valence electrons. The van der Waals surface area contributed by atoms with Gasteiger partial charge in [-0.05, 0) is 37.3 Å². The van der Waals surface area contributed by atoms with Crippen molar-refractivity contribution in [1.29, 1.82) is 0 Å². The van der Waals surface area contributed by atoms with Crippen LogP contribution in [0.15, 0.2) is 36.4 Å². The second kappa shape index (κ2) is 6.26. The molecular weight excluding hydrogens is 273 g/mol. The highest BCUT2D eigenvalue weighted by molar-refractivity contribution is 5.97. The van der Waals surface area contributed by atoms with E-state index in [0.29, 0.717) is 28.3 Å². The molecule has 0 radical (unpaired) electrons. The number of rotatable bonds is 5. The van der Waals surface area contributed by atoms with Gasteiger partial charge < -0.3 is 15.2 Å². The van der Waals surface area contributed by atoms with Gasteiger partial charge in [0.05, 0.1) is 12.7 Å². The number of hydrogen-bond acceptors (Lipinski definition) is 4. The van der Waals surface area contributed by atoms with Gasteiger partial charge in [0.25, 0.3) is 0 Å². The van der Waals surface area contributed by atoms with Gasteiger partial charge in [-0.2, -0.15) is 0 Å². The zero-order valence-corrected chi connectivity index (χ0v) is 11.9. The Morgan fingerprint density at radius 3 is 2.62 bits per heavy atom. The minimum atomic E-state index is -0.422. The number of nitrogens with two attached hydrogens (primary N) is 1. The number of benzene rings is 2. The zero-order valence-electron chi connectivity index (χ0n) is 11.9. The van der Waals surface area contributed by atoms with Crippen LogP contribution in [0, 0.1) is 5.82 Å². The van der Waals surface area contributed by atoms with E-state index < -0.39 is 5.82 Å². The van der Waals surface area contributed by atoms with E-state index in [1.54, 1.807) is 30.3 Å². The second-order valence-corrected chi connectivity index (χ2v) is 4.56. The summed E-state index contributed by atoms with van der Waals surface area (Å²) in [6, 6.07) is 9.30. The number of halogens is 1. The van der Waals surface area contributed by atoms with Crippen LogP contribution in [-0.4, -0.2) is 12.9 Å². The summed E-state index contributed by atoms with van der Waals surface area (Å²) in [5, 5.41) is 0. The van der Waals surface area contributed by atoms with Crippen LogP contribution < -0.4 is 15.2 Å². The summed E-state index contributed by atoms with van der Waals surface area (Å²) >= 11 is 0. The van der Waals surface area contributed by atoms with E-state index in [0.717, 1.165) is 0 Å². The van der Waals surface area contributed by atoms with Gasteiger partial charge in [-0.1, -0.05) is 0 Å². The maximum atomic E-state index is 13.8.